The normalized spacial score (nSPS) is 10.5. The SMILES string of the molecule is Cn1nnnc1SCC(=O)Nc1ccc(C(=O)NOCc2ccccc2)cc1. The lowest BCUT2D eigenvalue weighted by Crippen LogP contribution is -2.23. The zero-order valence-corrected chi connectivity index (χ0v) is 15.8. The highest BCUT2D eigenvalue weighted by atomic mass is 32.2. The molecule has 2 amide bonds. The van der Waals surface area contributed by atoms with Gasteiger partial charge in [-0.05, 0) is 40.3 Å². The number of rotatable bonds is 8. The number of nitrogens with one attached hydrogen (secondary N) is 2. The summed E-state index contributed by atoms with van der Waals surface area (Å²) in [5, 5.41) is 14.3. The van der Waals surface area contributed by atoms with E-state index in [1.54, 1.807) is 31.3 Å². The van der Waals surface area contributed by atoms with Gasteiger partial charge in [0.05, 0.1) is 12.4 Å². The average molecular weight is 398 g/mol. The van der Waals surface area contributed by atoms with Crippen LogP contribution in [0.25, 0.3) is 0 Å². The highest BCUT2D eigenvalue weighted by Crippen LogP contribution is 2.14. The molecular weight excluding hydrogens is 380 g/mol. The van der Waals surface area contributed by atoms with Gasteiger partial charge in [-0.1, -0.05) is 42.1 Å². The minimum absolute atomic E-state index is 0.170. The summed E-state index contributed by atoms with van der Waals surface area (Å²) in [5.74, 6) is -0.389. The third kappa shape index (κ3) is 5.63. The van der Waals surface area contributed by atoms with Crippen molar-refractivity contribution in [3.8, 4) is 0 Å². The largest absolute Gasteiger partial charge is 0.325 e. The van der Waals surface area contributed by atoms with E-state index in [0.29, 0.717) is 16.4 Å². The monoisotopic (exact) mass is 398 g/mol. The van der Waals surface area contributed by atoms with Gasteiger partial charge in [0.1, 0.15) is 0 Å². The number of benzene rings is 2. The Bertz CT molecular complexity index is 930. The maximum Gasteiger partial charge on any atom is 0.274 e. The molecule has 144 valence electrons. The summed E-state index contributed by atoms with van der Waals surface area (Å²) < 4.78 is 1.49. The summed E-state index contributed by atoms with van der Waals surface area (Å²) in [4.78, 5) is 29.3. The van der Waals surface area contributed by atoms with Gasteiger partial charge in [0.25, 0.3) is 5.91 Å². The van der Waals surface area contributed by atoms with Crippen LogP contribution in [0.4, 0.5) is 5.69 Å². The molecule has 0 aliphatic rings. The van der Waals surface area contributed by atoms with Gasteiger partial charge in [-0.25, -0.2) is 10.2 Å². The second-order valence-corrected chi connectivity index (χ2v) is 6.65. The number of hydrogen-bond donors (Lipinski definition) is 2. The van der Waals surface area contributed by atoms with Crippen LogP contribution in [-0.4, -0.2) is 37.8 Å². The number of thioether (sulfide) groups is 1. The second-order valence-electron chi connectivity index (χ2n) is 5.70. The first-order valence-corrected chi connectivity index (χ1v) is 9.31. The number of aryl methyl sites for hydroxylation is 1. The van der Waals surface area contributed by atoms with Crippen LogP contribution in [0.5, 0.6) is 0 Å². The molecule has 0 atom stereocenters. The van der Waals surface area contributed by atoms with Crippen molar-refractivity contribution >= 4 is 29.3 Å². The fourth-order valence-corrected chi connectivity index (χ4v) is 2.84. The van der Waals surface area contributed by atoms with Crippen molar-refractivity contribution in [1.82, 2.24) is 25.7 Å². The van der Waals surface area contributed by atoms with E-state index >= 15 is 0 Å². The van der Waals surface area contributed by atoms with Crippen LogP contribution in [0.15, 0.2) is 59.8 Å². The maximum atomic E-state index is 12.1. The van der Waals surface area contributed by atoms with E-state index in [9.17, 15) is 9.59 Å². The molecule has 1 heterocycles. The molecule has 0 radical (unpaired) electrons. The number of hydroxylamine groups is 1. The van der Waals surface area contributed by atoms with Crippen molar-refractivity contribution < 1.29 is 14.4 Å². The van der Waals surface area contributed by atoms with Crippen LogP contribution in [0, 0.1) is 0 Å². The van der Waals surface area contributed by atoms with E-state index in [2.05, 4.69) is 26.3 Å². The molecule has 10 heteroatoms. The van der Waals surface area contributed by atoms with E-state index in [0.717, 1.165) is 5.56 Å². The molecule has 0 saturated heterocycles. The van der Waals surface area contributed by atoms with Gasteiger partial charge in [-0.15, -0.1) is 5.10 Å². The lowest BCUT2D eigenvalue weighted by Gasteiger charge is -2.08. The van der Waals surface area contributed by atoms with E-state index < -0.39 is 0 Å². The summed E-state index contributed by atoms with van der Waals surface area (Å²) in [6.07, 6.45) is 0. The number of anilines is 1. The summed E-state index contributed by atoms with van der Waals surface area (Å²) in [6.45, 7) is 0.277. The fraction of sp³-hybridized carbons (Fsp3) is 0.167. The summed E-state index contributed by atoms with van der Waals surface area (Å²) in [5.41, 5.74) is 4.36. The highest BCUT2D eigenvalue weighted by molar-refractivity contribution is 7.99. The number of nitrogens with zero attached hydrogens (tertiary/aromatic N) is 4. The van der Waals surface area contributed by atoms with Crippen LogP contribution >= 0.6 is 11.8 Å². The third-order valence-corrected chi connectivity index (χ3v) is 4.60. The Morgan fingerprint density at radius 3 is 2.54 bits per heavy atom. The molecule has 3 aromatic rings. The smallest absolute Gasteiger partial charge is 0.274 e. The number of amides is 2. The quantitative estimate of drug-likeness (QED) is 0.440. The van der Waals surface area contributed by atoms with Gasteiger partial charge in [-0.2, -0.15) is 0 Å². The molecule has 0 bridgehead atoms. The summed E-state index contributed by atoms with van der Waals surface area (Å²) in [6, 6.07) is 16.0. The van der Waals surface area contributed by atoms with Crippen molar-refractivity contribution in [1.29, 1.82) is 0 Å². The Labute approximate surface area is 165 Å². The van der Waals surface area contributed by atoms with Crippen molar-refractivity contribution in [2.75, 3.05) is 11.1 Å². The van der Waals surface area contributed by atoms with Crippen LogP contribution in [0.1, 0.15) is 15.9 Å². The van der Waals surface area contributed by atoms with Gasteiger partial charge < -0.3 is 5.32 Å². The second kappa shape index (κ2) is 9.62. The summed E-state index contributed by atoms with van der Waals surface area (Å²) >= 11 is 1.23. The van der Waals surface area contributed by atoms with Gasteiger partial charge >= 0.3 is 0 Å². The van der Waals surface area contributed by atoms with Crippen molar-refractivity contribution in [3.05, 3.63) is 65.7 Å². The lowest BCUT2D eigenvalue weighted by atomic mass is 10.2. The molecule has 0 saturated carbocycles. The van der Waals surface area contributed by atoms with Gasteiger partial charge in [0.2, 0.25) is 11.1 Å². The summed E-state index contributed by atoms with van der Waals surface area (Å²) in [7, 11) is 1.70. The number of tetrazole rings is 1. The Kier molecular flexibility index (Phi) is 6.71. The molecule has 0 aliphatic heterocycles. The first-order valence-electron chi connectivity index (χ1n) is 8.33. The Hall–Kier alpha value is -3.24. The molecular formula is C18H18N6O3S. The van der Waals surface area contributed by atoms with Gasteiger partial charge in [-0.3, -0.25) is 14.4 Å². The molecule has 1 aromatic heterocycles. The number of hydrogen-bond acceptors (Lipinski definition) is 7. The molecule has 28 heavy (non-hydrogen) atoms. The molecule has 0 fully saturated rings. The van der Waals surface area contributed by atoms with Crippen LogP contribution in [0.2, 0.25) is 0 Å². The topological polar surface area (TPSA) is 111 Å². The molecule has 2 N–H and O–H groups in total. The van der Waals surface area contributed by atoms with Crippen LogP contribution in [-0.2, 0) is 23.3 Å². The molecule has 3 rings (SSSR count). The number of carbonyl (C=O) groups is 2. The molecule has 0 aliphatic carbocycles. The molecule has 0 unspecified atom stereocenters. The fourth-order valence-electron chi connectivity index (χ4n) is 2.19. The minimum Gasteiger partial charge on any atom is -0.325 e. The molecule has 0 spiro atoms. The lowest BCUT2D eigenvalue weighted by molar-refractivity contribution is -0.113. The predicted octanol–water partition coefficient (Wildman–Crippen LogP) is 1.80. The number of aromatic nitrogens is 4. The van der Waals surface area contributed by atoms with E-state index in [-0.39, 0.29) is 24.2 Å². The third-order valence-electron chi connectivity index (χ3n) is 3.59. The maximum absolute atomic E-state index is 12.1. The first-order chi connectivity index (χ1) is 13.6. The predicted molar refractivity (Wildman–Crippen MR) is 103 cm³/mol. The molecule has 9 nitrogen and oxygen atoms in total. The Morgan fingerprint density at radius 2 is 1.86 bits per heavy atom. The van der Waals surface area contributed by atoms with E-state index in [1.165, 1.54) is 16.4 Å². The van der Waals surface area contributed by atoms with Crippen LogP contribution in [0.3, 0.4) is 0 Å². The van der Waals surface area contributed by atoms with E-state index in [1.807, 2.05) is 30.3 Å². The first kappa shape index (κ1) is 19.5. The number of carbonyl (C=O) groups excluding carboxylic acids is 2. The van der Waals surface area contributed by atoms with Gasteiger partial charge in [0.15, 0.2) is 0 Å². The zero-order valence-electron chi connectivity index (χ0n) is 15.0. The van der Waals surface area contributed by atoms with E-state index in [4.69, 9.17) is 4.84 Å². The minimum atomic E-state index is -0.362. The van der Waals surface area contributed by atoms with Crippen LogP contribution < -0.4 is 10.8 Å². The van der Waals surface area contributed by atoms with Crippen molar-refractivity contribution in [2.45, 2.75) is 11.8 Å². The highest BCUT2D eigenvalue weighted by Gasteiger charge is 2.09. The van der Waals surface area contributed by atoms with Crippen molar-refractivity contribution in [3.63, 3.8) is 0 Å². The Morgan fingerprint density at radius 1 is 1.11 bits per heavy atom. The zero-order chi connectivity index (χ0) is 19.8. The molecule has 2 aromatic carbocycles. The van der Waals surface area contributed by atoms with Gasteiger partial charge in [0, 0.05) is 18.3 Å². The van der Waals surface area contributed by atoms with Crippen molar-refractivity contribution in [2.24, 2.45) is 7.05 Å². The average Bonchev–Trinajstić information content (AvgIpc) is 3.12. The standard InChI is InChI=1S/C18H18N6O3S/c1-24-18(20-22-23-24)28-12-16(25)19-15-9-7-14(8-10-15)17(26)21-27-11-13-5-3-2-4-6-13/h2-10H,11-12H2,1H3,(H,19,25)(H,21,26). The Balaban J connectivity index is 1.44.